The van der Waals surface area contributed by atoms with Gasteiger partial charge < -0.3 is 14.9 Å². The number of nitriles is 1. The zero-order valence-corrected chi connectivity index (χ0v) is 10.6. The maximum Gasteiger partial charge on any atom is 0.371 e. The molecule has 0 spiro atoms. The number of benzene rings is 1. The number of ether oxygens (including phenoxy) is 1. The molecule has 20 heavy (non-hydrogen) atoms. The average Bonchev–Trinajstić information content (AvgIpc) is 2.43. The first kappa shape index (κ1) is 15.2. The second-order valence-electron chi connectivity index (χ2n) is 3.81. The molecule has 0 fully saturated rings. The molecular weight excluding hydrogens is 262 g/mol. The summed E-state index contributed by atoms with van der Waals surface area (Å²) in [6.45, 7) is 0.270. The van der Waals surface area contributed by atoms with Crippen LogP contribution in [0.25, 0.3) is 0 Å². The normalized spacial score (nSPS) is 10.7. The van der Waals surface area contributed by atoms with Gasteiger partial charge >= 0.3 is 5.97 Å². The topological polar surface area (TPSA) is 108 Å². The van der Waals surface area contributed by atoms with E-state index < -0.39 is 17.5 Å². The van der Waals surface area contributed by atoms with Gasteiger partial charge in [0.2, 0.25) is 5.76 Å². The Balaban J connectivity index is 2.85. The van der Waals surface area contributed by atoms with Gasteiger partial charge in [0.1, 0.15) is 5.75 Å². The highest BCUT2D eigenvalue weighted by atomic mass is 16.5. The number of hydrogen-bond acceptors (Lipinski definition) is 5. The summed E-state index contributed by atoms with van der Waals surface area (Å²) in [5, 5.41) is 26.0. The van der Waals surface area contributed by atoms with Gasteiger partial charge in [-0.3, -0.25) is 4.79 Å². The van der Waals surface area contributed by atoms with Crippen molar-refractivity contribution in [3.05, 3.63) is 41.7 Å². The van der Waals surface area contributed by atoms with Crippen LogP contribution in [0.3, 0.4) is 0 Å². The number of allylic oxidation sites excluding steroid dienone is 1. The molecule has 6 heteroatoms. The molecule has 0 amide bonds. The molecule has 0 bridgehead atoms. The Kier molecular flexibility index (Phi) is 5.78. The van der Waals surface area contributed by atoms with Gasteiger partial charge in [0.25, 0.3) is 0 Å². The van der Waals surface area contributed by atoms with E-state index in [0.29, 0.717) is 18.9 Å². The van der Waals surface area contributed by atoms with Gasteiger partial charge in [-0.2, -0.15) is 5.26 Å². The second kappa shape index (κ2) is 7.59. The first-order valence-electron chi connectivity index (χ1n) is 5.83. The number of aliphatic hydroxyl groups excluding tert-OH is 1. The fourth-order valence-electron chi connectivity index (χ4n) is 1.39. The van der Waals surface area contributed by atoms with E-state index in [-0.39, 0.29) is 17.9 Å². The molecule has 2 N–H and O–H groups in total. The number of hydrogen-bond donors (Lipinski definition) is 2. The van der Waals surface area contributed by atoms with Gasteiger partial charge in [-0.05, 0) is 18.6 Å². The third-order valence-corrected chi connectivity index (χ3v) is 2.33. The number of unbranched alkanes of at least 4 members (excludes halogenated alkanes) is 1. The number of carboxylic acids is 1. The minimum absolute atomic E-state index is 0.150. The van der Waals surface area contributed by atoms with Crippen LogP contribution >= 0.6 is 0 Å². The van der Waals surface area contributed by atoms with Crippen molar-refractivity contribution >= 4 is 11.8 Å². The number of rotatable bonds is 7. The third kappa shape index (κ3) is 4.46. The molecule has 0 aliphatic heterocycles. The number of aliphatic carboxylic acids is 1. The highest BCUT2D eigenvalue weighted by Crippen LogP contribution is 2.19. The number of ketones is 1. The Morgan fingerprint density at radius 3 is 2.65 bits per heavy atom. The van der Waals surface area contributed by atoms with E-state index in [1.807, 2.05) is 6.07 Å². The minimum atomic E-state index is -1.58. The summed E-state index contributed by atoms with van der Waals surface area (Å²) < 4.78 is 5.37. The van der Waals surface area contributed by atoms with Crippen molar-refractivity contribution in [3.63, 3.8) is 0 Å². The van der Waals surface area contributed by atoms with Crippen LogP contribution in [0, 0.1) is 11.3 Å². The molecule has 0 aliphatic rings. The smallest absolute Gasteiger partial charge is 0.371 e. The van der Waals surface area contributed by atoms with E-state index in [9.17, 15) is 9.59 Å². The van der Waals surface area contributed by atoms with Gasteiger partial charge in [-0.25, -0.2) is 4.79 Å². The van der Waals surface area contributed by atoms with Crippen LogP contribution in [-0.2, 0) is 4.79 Å². The molecule has 0 aromatic heterocycles. The molecule has 6 nitrogen and oxygen atoms in total. The summed E-state index contributed by atoms with van der Waals surface area (Å²) in [5.74, 6) is -2.99. The maximum absolute atomic E-state index is 11.8. The van der Waals surface area contributed by atoms with Gasteiger partial charge in [-0.15, -0.1) is 0 Å². The van der Waals surface area contributed by atoms with Crippen molar-refractivity contribution in [2.45, 2.75) is 12.8 Å². The lowest BCUT2D eigenvalue weighted by Gasteiger charge is -2.08. The zero-order valence-electron chi connectivity index (χ0n) is 10.6. The lowest BCUT2D eigenvalue weighted by molar-refractivity contribution is -0.135. The highest BCUT2D eigenvalue weighted by Gasteiger charge is 2.13. The third-order valence-electron chi connectivity index (χ3n) is 2.33. The summed E-state index contributed by atoms with van der Waals surface area (Å²) in [4.78, 5) is 22.3. The quantitative estimate of drug-likeness (QED) is 0.341. The number of aliphatic hydroxyl groups is 1. The van der Waals surface area contributed by atoms with Crippen molar-refractivity contribution in [3.8, 4) is 11.8 Å². The Morgan fingerprint density at radius 1 is 1.30 bits per heavy atom. The largest absolute Gasteiger partial charge is 0.502 e. The SMILES string of the molecule is N#CCCCOc1ccccc1C(=O)/C=C(\O)C(=O)O. The first-order chi connectivity index (χ1) is 9.56. The van der Waals surface area contributed by atoms with Crippen molar-refractivity contribution in [2.24, 2.45) is 0 Å². The van der Waals surface area contributed by atoms with Gasteiger partial charge in [0, 0.05) is 12.5 Å². The number of carboxylic acid groups (broad SMARTS) is 1. The zero-order chi connectivity index (χ0) is 15.0. The summed E-state index contributed by atoms with van der Waals surface area (Å²) in [7, 11) is 0. The van der Waals surface area contributed by atoms with E-state index in [4.69, 9.17) is 20.2 Å². The molecule has 1 aromatic rings. The number of carbonyl (C=O) groups is 2. The van der Waals surface area contributed by atoms with E-state index in [1.54, 1.807) is 18.2 Å². The lowest BCUT2D eigenvalue weighted by atomic mass is 10.1. The van der Waals surface area contributed by atoms with Crippen molar-refractivity contribution < 1.29 is 24.5 Å². The highest BCUT2D eigenvalue weighted by molar-refractivity contribution is 6.09. The molecule has 0 saturated heterocycles. The van der Waals surface area contributed by atoms with Gasteiger partial charge in [0.05, 0.1) is 18.2 Å². The Labute approximate surface area is 115 Å². The summed E-state index contributed by atoms with van der Waals surface area (Å²) in [5.41, 5.74) is 0.150. The molecule has 0 unspecified atom stereocenters. The number of para-hydroxylation sites is 1. The molecule has 0 saturated carbocycles. The van der Waals surface area contributed by atoms with Crippen molar-refractivity contribution in [1.29, 1.82) is 5.26 Å². The van der Waals surface area contributed by atoms with E-state index in [1.165, 1.54) is 6.07 Å². The lowest BCUT2D eigenvalue weighted by Crippen LogP contribution is -2.06. The van der Waals surface area contributed by atoms with Crippen molar-refractivity contribution in [1.82, 2.24) is 0 Å². The van der Waals surface area contributed by atoms with Crippen LogP contribution in [0.4, 0.5) is 0 Å². The van der Waals surface area contributed by atoms with Crippen LogP contribution in [-0.4, -0.2) is 28.6 Å². The fraction of sp³-hybridized carbons (Fsp3) is 0.214. The van der Waals surface area contributed by atoms with Crippen LogP contribution in [0.2, 0.25) is 0 Å². The van der Waals surface area contributed by atoms with Gasteiger partial charge in [0.15, 0.2) is 5.78 Å². The molecule has 1 rings (SSSR count). The Morgan fingerprint density at radius 2 is 2.00 bits per heavy atom. The number of carbonyl (C=O) groups excluding carboxylic acids is 1. The summed E-state index contributed by atoms with van der Waals surface area (Å²) in [6.07, 6.45) is 1.49. The van der Waals surface area contributed by atoms with Crippen LogP contribution in [0.5, 0.6) is 5.75 Å². The standard InChI is InChI=1S/C14H13NO5/c15-7-3-4-8-20-13-6-2-1-5-10(13)11(16)9-12(17)14(18)19/h1-2,5-6,9,17H,3-4,8H2,(H,18,19)/b12-9-. The van der Waals surface area contributed by atoms with Crippen LogP contribution < -0.4 is 4.74 Å². The summed E-state index contributed by atoms with van der Waals surface area (Å²) in [6, 6.07) is 8.26. The first-order valence-corrected chi connectivity index (χ1v) is 5.83. The van der Waals surface area contributed by atoms with E-state index >= 15 is 0 Å². The van der Waals surface area contributed by atoms with E-state index in [0.717, 1.165) is 0 Å². The molecule has 0 aliphatic carbocycles. The molecule has 0 radical (unpaired) electrons. The average molecular weight is 275 g/mol. The maximum atomic E-state index is 11.8. The minimum Gasteiger partial charge on any atom is -0.502 e. The Hall–Kier alpha value is -2.81. The van der Waals surface area contributed by atoms with Crippen LogP contribution in [0.15, 0.2) is 36.1 Å². The molecule has 104 valence electrons. The van der Waals surface area contributed by atoms with Crippen LogP contribution in [0.1, 0.15) is 23.2 Å². The van der Waals surface area contributed by atoms with Crippen molar-refractivity contribution in [2.75, 3.05) is 6.61 Å². The molecular formula is C14H13NO5. The second-order valence-corrected chi connectivity index (χ2v) is 3.81. The van der Waals surface area contributed by atoms with E-state index in [2.05, 4.69) is 0 Å². The predicted molar refractivity (Wildman–Crippen MR) is 69.5 cm³/mol. The Bertz CT molecular complexity index is 571. The molecule has 1 aromatic carbocycles. The summed E-state index contributed by atoms with van der Waals surface area (Å²) >= 11 is 0. The number of nitrogens with zero attached hydrogens (tertiary/aromatic N) is 1. The molecule has 0 heterocycles. The fourth-order valence-corrected chi connectivity index (χ4v) is 1.39. The van der Waals surface area contributed by atoms with Gasteiger partial charge in [-0.1, -0.05) is 12.1 Å². The predicted octanol–water partition coefficient (Wildman–Crippen LogP) is 2.08. The molecule has 0 atom stereocenters. The monoisotopic (exact) mass is 275 g/mol.